The minimum Gasteiger partial charge on any atom is -0.490 e. The Balaban J connectivity index is 1.34. The number of ether oxygens (including phenoxy) is 1. The van der Waals surface area contributed by atoms with E-state index in [1.165, 1.54) is 65.5 Å². The molecule has 3 aliphatic heterocycles. The summed E-state index contributed by atoms with van der Waals surface area (Å²) in [4.78, 5) is 15.9. The lowest BCUT2D eigenvalue weighted by Gasteiger charge is -2.55. The first-order valence-electron chi connectivity index (χ1n) is 10.5. The number of nitro groups is 1. The van der Waals surface area contributed by atoms with E-state index in [0.717, 1.165) is 30.3 Å². The van der Waals surface area contributed by atoms with Gasteiger partial charge >= 0.3 is 5.69 Å². The summed E-state index contributed by atoms with van der Waals surface area (Å²) in [7, 11) is 1.50. The summed E-state index contributed by atoms with van der Waals surface area (Å²) in [5.41, 5.74) is 2.56. The van der Waals surface area contributed by atoms with Gasteiger partial charge in [-0.05, 0) is 62.6 Å². The second-order valence-electron chi connectivity index (χ2n) is 8.92. The zero-order chi connectivity index (χ0) is 19.7. The summed E-state index contributed by atoms with van der Waals surface area (Å²) in [5.74, 6) is 1.22. The van der Waals surface area contributed by atoms with E-state index in [0.29, 0.717) is 11.2 Å². The molecule has 4 rings (SSSR count). The molecule has 3 fully saturated rings. The highest BCUT2D eigenvalue weighted by molar-refractivity contribution is 5.64. The molecule has 1 aromatic carbocycles. The lowest BCUT2D eigenvalue weighted by Crippen LogP contribution is -2.61. The summed E-state index contributed by atoms with van der Waals surface area (Å²) in [6, 6.07) is 3.48. The highest BCUT2D eigenvalue weighted by atomic mass is 16.6. The van der Waals surface area contributed by atoms with E-state index in [9.17, 15) is 10.1 Å². The molecule has 3 saturated heterocycles. The van der Waals surface area contributed by atoms with Crippen molar-refractivity contribution in [3.05, 3.63) is 27.8 Å². The van der Waals surface area contributed by atoms with Gasteiger partial charge in [0.25, 0.3) is 0 Å². The number of piperidine rings is 2. The van der Waals surface area contributed by atoms with Gasteiger partial charge in [0.2, 0.25) is 0 Å². The number of nitro benzene ring substituents is 1. The third kappa shape index (κ3) is 3.82. The number of likely N-dealkylation sites (tertiary alicyclic amines) is 1. The summed E-state index contributed by atoms with van der Waals surface area (Å²) >= 11 is 0. The molecule has 0 amide bonds. The quantitative estimate of drug-likeness (QED) is 0.618. The first kappa shape index (κ1) is 19.5. The van der Waals surface area contributed by atoms with Crippen molar-refractivity contribution in [2.45, 2.75) is 32.6 Å². The maximum absolute atomic E-state index is 11.2. The number of nitrogens with zero attached hydrogens (tertiary/aromatic N) is 3. The van der Waals surface area contributed by atoms with E-state index in [4.69, 9.17) is 4.74 Å². The lowest BCUT2D eigenvalue weighted by molar-refractivity contribution is -0.385. The van der Waals surface area contributed by atoms with E-state index >= 15 is 0 Å². The van der Waals surface area contributed by atoms with Crippen LogP contribution in [0.15, 0.2) is 12.1 Å². The second kappa shape index (κ2) is 7.87. The monoisotopic (exact) mass is 388 g/mol. The predicted molar refractivity (Wildman–Crippen MR) is 110 cm³/mol. The number of nitrogens with one attached hydrogen (secondary N) is 1. The van der Waals surface area contributed by atoms with Gasteiger partial charge in [0.1, 0.15) is 0 Å². The van der Waals surface area contributed by atoms with E-state index in [-0.39, 0.29) is 10.6 Å². The zero-order valence-corrected chi connectivity index (χ0v) is 17.1. The maximum Gasteiger partial charge on any atom is 0.311 e. The fraction of sp³-hybridized carbons (Fsp3) is 0.714. The lowest BCUT2D eigenvalue weighted by atomic mass is 9.71. The van der Waals surface area contributed by atoms with Crippen molar-refractivity contribution < 1.29 is 9.66 Å². The molecule has 0 unspecified atom stereocenters. The topological polar surface area (TPSA) is 70.9 Å². The van der Waals surface area contributed by atoms with Gasteiger partial charge in [0, 0.05) is 50.5 Å². The van der Waals surface area contributed by atoms with Crippen LogP contribution in [0.4, 0.5) is 11.4 Å². The first-order chi connectivity index (χ1) is 13.5. The Morgan fingerprint density at radius 2 is 1.93 bits per heavy atom. The average molecular weight is 389 g/mol. The Bertz CT molecular complexity index is 717. The van der Waals surface area contributed by atoms with E-state index in [2.05, 4.69) is 15.1 Å². The third-order valence-electron chi connectivity index (χ3n) is 6.95. The van der Waals surface area contributed by atoms with Crippen LogP contribution in [0, 0.1) is 28.4 Å². The molecule has 3 heterocycles. The van der Waals surface area contributed by atoms with Crippen molar-refractivity contribution in [1.82, 2.24) is 10.2 Å². The van der Waals surface area contributed by atoms with Crippen LogP contribution in [0.2, 0.25) is 0 Å². The molecule has 7 nitrogen and oxygen atoms in total. The number of benzene rings is 1. The van der Waals surface area contributed by atoms with Crippen LogP contribution in [0.5, 0.6) is 5.75 Å². The van der Waals surface area contributed by atoms with Gasteiger partial charge in [-0.15, -0.1) is 0 Å². The minimum absolute atomic E-state index is 0.0461. The van der Waals surface area contributed by atoms with Gasteiger partial charge in [-0.3, -0.25) is 10.1 Å². The Kier molecular flexibility index (Phi) is 5.47. The molecule has 0 atom stereocenters. The van der Waals surface area contributed by atoms with Crippen LogP contribution in [-0.4, -0.2) is 62.7 Å². The molecule has 0 saturated carbocycles. The van der Waals surface area contributed by atoms with Gasteiger partial charge in [-0.1, -0.05) is 0 Å². The largest absolute Gasteiger partial charge is 0.490 e. The van der Waals surface area contributed by atoms with Crippen molar-refractivity contribution >= 4 is 11.4 Å². The number of aryl methyl sites for hydroxylation is 1. The number of rotatable bonds is 5. The van der Waals surface area contributed by atoms with Crippen LogP contribution < -0.4 is 15.0 Å². The summed E-state index contributed by atoms with van der Waals surface area (Å²) in [6.45, 7) is 10.1. The van der Waals surface area contributed by atoms with Crippen LogP contribution in [-0.2, 0) is 0 Å². The van der Waals surface area contributed by atoms with Crippen LogP contribution in [0.25, 0.3) is 0 Å². The molecular weight excluding hydrogens is 356 g/mol. The summed E-state index contributed by atoms with van der Waals surface area (Å²) in [5, 5.41) is 14.7. The van der Waals surface area contributed by atoms with Gasteiger partial charge < -0.3 is 19.9 Å². The van der Waals surface area contributed by atoms with Gasteiger partial charge in [0.05, 0.1) is 12.0 Å². The standard InChI is InChI=1S/C21H32N4O3/c1-16-11-19(25(26)27)20(28-2)12-18(16)24-9-5-21(6-10-24)14-23(15-21)13-17-3-7-22-8-4-17/h11-12,17,22H,3-10,13-15H2,1-2H3. The Morgan fingerprint density at radius 3 is 2.54 bits per heavy atom. The fourth-order valence-electron chi connectivity index (χ4n) is 5.31. The Morgan fingerprint density at radius 1 is 1.25 bits per heavy atom. The molecule has 7 heteroatoms. The molecule has 1 aromatic rings. The second-order valence-corrected chi connectivity index (χ2v) is 8.92. The van der Waals surface area contributed by atoms with E-state index in [1.54, 1.807) is 6.07 Å². The van der Waals surface area contributed by atoms with Crippen molar-refractivity contribution in [2.75, 3.05) is 57.8 Å². The summed E-state index contributed by atoms with van der Waals surface area (Å²) in [6.07, 6.45) is 5.04. The van der Waals surface area contributed by atoms with Crippen LogP contribution in [0.3, 0.4) is 0 Å². The third-order valence-corrected chi connectivity index (χ3v) is 6.95. The minimum atomic E-state index is -0.369. The normalized spacial score (nSPS) is 22.9. The molecule has 1 N–H and O–H groups in total. The average Bonchev–Trinajstić information content (AvgIpc) is 2.68. The van der Waals surface area contributed by atoms with Crippen LogP contribution >= 0.6 is 0 Å². The molecule has 1 spiro atoms. The molecule has 154 valence electrons. The number of hydrogen-bond acceptors (Lipinski definition) is 6. The highest BCUT2D eigenvalue weighted by Crippen LogP contribution is 2.43. The Labute approximate surface area is 167 Å². The number of anilines is 1. The fourth-order valence-corrected chi connectivity index (χ4v) is 5.31. The van der Waals surface area contributed by atoms with Crippen molar-refractivity contribution in [3.63, 3.8) is 0 Å². The van der Waals surface area contributed by atoms with Gasteiger partial charge in [-0.2, -0.15) is 0 Å². The number of methoxy groups -OCH3 is 1. The van der Waals surface area contributed by atoms with Crippen molar-refractivity contribution in [1.29, 1.82) is 0 Å². The van der Waals surface area contributed by atoms with Crippen LogP contribution in [0.1, 0.15) is 31.2 Å². The maximum atomic E-state index is 11.2. The van der Waals surface area contributed by atoms with E-state index < -0.39 is 0 Å². The SMILES string of the molecule is COc1cc(N2CCC3(CC2)CN(CC2CCNCC2)C3)c(C)cc1[N+](=O)[O-]. The van der Waals surface area contributed by atoms with E-state index in [1.807, 2.05) is 13.0 Å². The smallest absolute Gasteiger partial charge is 0.311 e. The Hall–Kier alpha value is -1.86. The highest BCUT2D eigenvalue weighted by Gasteiger charge is 2.45. The molecule has 3 aliphatic rings. The van der Waals surface area contributed by atoms with Crippen molar-refractivity contribution in [3.8, 4) is 5.75 Å². The van der Waals surface area contributed by atoms with Gasteiger partial charge in [0.15, 0.2) is 5.75 Å². The molecule has 28 heavy (non-hydrogen) atoms. The number of hydrogen-bond donors (Lipinski definition) is 1. The van der Waals surface area contributed by atoms with Crippen molar-refractivity contribution in [2.24, 2.45) is 11.3 Å². The molecular formula is C21H32N4O3. The molecule has 0 aliphatic carbocycles. The molecule has 0 aromatic heterocycles. The first-order valence-corrected chi connectivity index (χ1v) is 10.5. The summed E-state index contributed by atoms with van der Waals surface area (Å²) < 4.78 is 5.27. The molecule has 0 bridgehead atoms. The molecule has 0 radical (unpaired) electrons. The van der Waals surface area contributed by atoms with Gasteiger partial charge in [-0.25, -0.2) is 0 Å². The zero-order valence-electron chi connectivity index (χ0n) is 17.1. The predicted octanol–water partition coefficient (Wildman–Crippen LogP) is 2.81.